The van der Waals surface area contributed by atoms with Gasteiger partial charge in [0.15, 0.2) is 0 Å². The Labute approximate surface area is 118 Å². The Morgan fingerprint density at radius 3 is 2.90 bits per heavy atom. The van der Waals surface area contributed by atoms with Crippen molar-refractivity contribution in [2.24, 2.45) is 0 Å². The topological polar surface area (TPSA) is 60.2 Å². The van der Waals surface area contributed by atoms with E-state index in [1.165, 1.54) is 0 Å². The summed E-state index contributed by atoms with van der Waals surface area (Å²) in [6, 6.07) is 8.01. The van der Waals surface area contributed by atoms with Gasteiger partial charge < -0.3 is 14.6 Å². The average Bonchev–Trinajstić information content (AvgIpc) is 2.95. The van der Waals surface area contributed by atoms with E-state index in [-0.39, 0.29) is 0 Å². The van der Waals surface area contributed by atoms with Crippen LogP contribution in [-0.2, 0) is 11.3 Å². The molecular weight excluding hydrogens is 254 g/mol. The Morgan fingerprint density at radius 1 is 1.30 bits per heavy atom. The molecule has 106 valence electrons. The fourth-order valence-corrected chi connectivity index (χ4v) is 2.40. The Kier molecular flexibility index (Phi) is 4.08. The molecule has 0 unspecified atom stereocenters. The molecule has 0 spiro atoms. The summed E-state index contributed by atoms with van der Waals surface area (Å²) in [5.74, 6) is 1.17. The summed E-state index contributed by atoms with van der Waals surface area (Å²) in [7, 11) is 0. The quantitative estimate of drug-likeness (QED) is 0.926. The number of hydrogen-bond acceptors (Lipinski definition) is 5. The lowest BCUT2D eigenvalue weighted by Gasteiger charge is -2.21. The van der Waals surface area contributed by atoms with E-state index in [1.54, 1.807) is 0 Å². The summed E-state index contributed by atoms with van der Waals surface area (Å²) in [5, 5.41) is 7.35. The van der Waals surface area contributed by atoms with Crippen LogP contribution < -0.4 is 5.32 Å². The molecule has 0 bridgehead atoms. The number of ether oxygens (including phenoxy) is 1. The molecule has 0 amide bonds. The van der Waals surface area contributed by atoms with Gasteiger partial charge in [-0.25, -0.2) is 0 Å². The molecule has 2 aromatic rings. The van der Waals surface area contributed by atoms with Crippen LogP contribution in [0.15, 0.2) is 28.8 Å². The average molecular weight is 273 g/mol. The van der Waals surface area contributed by atoms with Crippen LogP contribution in [0, 0.1) is 6.92 Å². The van der Waals surface area contributed by atoms with Gasteiger partial charge >= 0.3 is 0 Å². The fraction of sp³-hybridized carbons (Fsp3) is 0.467. The highest BCUT2D eigenvalue weighted by molar-refractivity contribution is 5.58. The third-order valence-corrected chi connectivity index (χ3v) is 3.58. The van der Waals surface area contributed by atoms with Crippen LogP contribution in [0.4, 0.5) is 0 Å². The highest BCUT2D eigenvalue weighted by Crippen LogP contribution is 2.20. The van der Waals surface area contributed by atoms with Crippen molar-refractivity contribution in [2.45, 2.75) is 32.5 Å². The normalized spacial score (nSPS) is 16.4. The Bertz CT molecular complexity index is 562. The predicted molar refractivity (Wildman–Crippen MR) is 75.2 cm³/mol. The molecule has 0 atom stereocenters. The predicted octanol–water partition coefficient (Wildman–Crippen LogP) is 2.31. The van der Waals surface area contributed by atoms with Crippen molar-refractivity contribution in [3.63, 3.8) is 0 Å². The van der Waals surface area contributed by atoms with Gasteiger partial charge in [0.1, 0.15) is 6.61 Å². The molecule has 0 radical (unpaired) electrons. The van der Waals surface area contributed by atoms with E-state index in [1.807, 2.05) is 31.2 Å². The first-order valence-corrected chi connectivity index (χ1v) is 7.04. The van der Waals surface area contributed by atoms with Crippen molar-refractivity contribution in [1.82, 2.24) is 15.5 Å². The van der Waals surface area contributed by atoms with Gasteiger partial charge in [-0.3, -0.25) is 0 Å². The second-order valence-corrected chi connectivity index (χ2v) is 5.09. The number of benzene rings is 1. The summed E-state index contributed by atoms with van der Waals surface area (Å²) >= 11 is 0. The lowest BCUT2D eigenvalue weighted by molar-refractivity contribution is 0.00859. The summed E-state index contributed by atoms with van der Waals surface area (Å²) < 4.78 is 11.1. The Hall–Kier alpha value is -1.72. The van der Waals surface area contributed by atoms with Crippen molar-refractivity contribution in [3.05, 3.63) is 35.7 Å². The number of rotatable bonds is 4. The van der Waals surface area contributed by atoms with Gasteiger partial charge in [0.2, 0.25) is 5.82 Å². The van der Waals surface area contributed by atoms with Gasteiger partial charge in [0, 0.05) is 5.56 Å². The smallest absolute Gasteiger partial charge is 0.252 e. The summed E-state index contributed by atoms with van der Waals surface area (Å²) in [6.45, 7) is 4.46. The zero-order chi connectivity index (χ0) is 13.8. The zero-order valence-corrected chi connectivity index (χ0v) is 11.6. The van der Waals surface area contributed by atoms with E-state index < -0.39 is 0 Å². The first-order valence-electron chi connectivity index (χ1n) is 7.04. The molecule has 1 fully saturated rings. The molecule has 5 heteroatoms. The Morgan fingerprint density at radius 2 is 2.10 bits per heavy atom. The van der Waals surface area contributed by atoms with Crippen molar-refractivity contribution in [3.8, 4) is 11.4 Å². The highest BCUT2D eigenvalue weighted by Gasteiger charge is 2.16. The summed E-state index contributed by atoms with van der Waals surface area (Å²) in [6.07, 6.45) is 2.38. The molecule has 3 rings (SSSR count). The van der Waals surface area contributed by atoms with Crippen LogP contribution in [0.1, 0.15) is 24.3 Å². The maximum Gasteiger partial charge on any atom is 0.252 e. The standard InChI is InChI=1S/C15H19N3O2/c1-11-4-2-3-5-13(11)15-17-14(20-18-15)10-19-12-6-8-16-9-7-12/h2-5,12,16H,6-10H2,1H3. The van der Waals surface area contributed by atoms with Crippen LogP contribution >= 0.6 is 0 Å². The number of hydrogen-bond donors (Lipinski definition) is 1. The minimum absolute atomic E-state index is 0.296. The van der Waals surface area contributed by atoms with Crippen LogP contribution in [0.5, 0.6) is 0 Å². The molecule has 1 saturated heterocycles. The minimum Gasteiger partial charge on any atom is -0.368 e. The SMILES string of the molecule is Cc1ccccc1-c1noc(COC2CCNCC2)n1. The number of nitrogens with one attached hydrogen (secondary N) is 1. The minimum atomic E-state index is 0.296. The molecule has 0 aliphatic carbocycles. The van der Waals surface area contributed by atoms with Crippen molar-refractivity contribution in [2.75, 3.05) is 13.1 Å². The second-order valence-electron chi connectivity index (χ2n) is 5.09. The zero-order valence-electron chi connectivity index (χ0n) is 11.6. The van der Waals surface area contributed by atoms with Crippen molar-refractivity contribution >= 4 is 0 Å². The van der Waals surface area contributed by atoms with Gasteiger partial charge in [0.25, 0.3) is 5.89 Å². The summed E-state index contributed by atoms with van der Waals surface area (Å²) in [5.41, 5.74) is 2.14. The van der Waals surface area contributed by atoms with Gasteiger partial charge in [0.05, 0.1) is 6.10 Å². The van der Waals surface area contributed by atoms with Crippen LogP contribution in [0.25, 0.3) is 11.4 Å². The first kappa shape index (κ1) is 13.3. The maximum atomic E-state index is 5.81. The van der Waals surface area contributed by atoms with Crippen LogP contribution in [0.2, 0.25) is 0 Å². The van der Waals surface area contributed by atoms with Crippen LogP contribution in [-0.4, -0.2) is 29.3 Å². The van der Waals surface area contributed by atoms with E-state index in [9.17, 15) is 0 Å². The van der Waals surface area contributed by atoms with Crippen molar-refractivity contribution in [1.29, 1.82) is 0 Å². The third-order valence-electron chi connectivity index (χ3n) is 3.58. The molecular formula is C15H19N3O2. The van der Waals surface area contributed by atoms with E-state index in [4.69, 9.17) is 9.26 Å². The molecule has 1 aliphatic rings. The Balaban J connectivity index is 1.63. The number of nitrogens with zero attached hydrogens (tertiary/aromatic N) is 2. The monoisotopic (exact) mass is 273 g/mol. The third kappa shape index (κ3) is 3.05. The molecule has 1 aromatic carbocycles. The second kappa shape index (κ2) is 6.15. The molecule has 0 saturated carbocycles. The van der Waals surface area contributed by atoms with Crippen LogP contribution in [0.3, 0.4) is 0 Å². The van der Waals surface area contributed by atoms with Gasteiger partial charge in [-0.15, -0.1) is 0 Å². The lowest BCUT2D eigenvalue weighted by atomic mass is 10.1. The highest BCUT2D eigenvalue weighted by atomic mass is 16.5. The molecule has 20 heavy (non-hydrogen) atoms. The fourth-order valence-electron chi connectivity index (χ4n) is 2.40. The number of aryl methyl sites for hydroxylation is 1. The van der Waals surface area contributed by atoms with Gasteiger partial charge in [-0.05, 0) is 38.4 Å². The largest absolute Gasteiger partial charge is 0.368 e. The molecule has 1 aliphatic heterocycles. The van der Waals surface area contributed by atoms with Crippen molar-refractivity contribution < 1.29 is 9.26 Å². The molecule has 1 N–H and O–H groups in total. The molecule has 5 nitrogen and oxygen atoms in total. The maximum absolute atomic E-state index is 5.81. The lowest BCUT2D eigenvalue weighted by Crippen LogP contribution is -2.32. The van der Waals surface area contributed by atoms with E-state index in [2.05, 4.69) is 15.5 Å². The number of aromatic nitrogens is 2. The molecule has 2 heterocycles. The van der Waals surface area contributed by atoms with Gasteiger partial charge in [-0.1, -0.05) is 29.4 Å². The van der Waals surface area contributed by atoms with E-state index in [0.717, 1.165) is 37.1 Å². The number of piperidine rings is 1. The first-order chi connectivity index (χ1) is 9.83. The van der Waals surface area contributed by atoms with Gasteiger partial charge in [-0.2, -0.15) is 4.98 Å². The molecule has 1 aromatic heterocycles. The summed E-state index contributed by atoms with van der Waals surface area (Å²) in [4.78, 5) is 4.41. The van der Waals surface area contributed by atoms with E-state index >= 15 is 0 Å². The van der Waals surface area contributed by atoms with E-state index in [0.29, 0.717) is 24.4 Å².